The second-order valence-corrected chi connectivity index (χ2v) is 5.25. The fraction of sp³-hybridized carbons (Fsp3) is 0.833. The summed E-state index contributed by atoms with van der Waals surface area (Å²) in [5.74, 6) is 2.03. The Morgan fingerprint density at radius 1 is 1.35 bits per heavy atom. The number of nitrogens with zero attached hydrogens (tertiary/aromatic N) is 3. The van der Waals surface area contributed by atoms with Crippen LogP contribution in [0.1, 0.15) is 32.0 Å². The van der Waals surface area contributed by atoms with Gasteiger partial charge in [-0.3, -0.25) is 0 Å². The SMILES string of the molecule is CC(C)CC(N)Cc1nc(CCN(C)C)no1. The summed E-state index contributed by atoms with van der Waals surface area (Å²) in [5.41, 5.74) is 6.00. The molecule has 0 saturated heterocycles. The van der Waals surface area contributed by atoms with Crippen molar-refractivity contribution in [3.8, 4) is 0 Å². The van der Waals surface area contributed by atoms with Crippen LogP contribution in [-0.4, -0.2) is 41.7 Å². The molecule has 5 heteroatoms. The van der Waals surface area contributed by atoms with E-state index in [0.29, 0.717) is 18.2 Å². The Balaban J connectivity index is 2.39. The quantitative estimate of drug-likeness (QED) is 0.772. The van der Waals surface area contributed by atoms with Crippen LogP contribution >= 0.6 is 0 Å². The Kier molecular flexibility index (Phi) is 5.58. The molecular weight excluding hydrogens is 216 g/mol. The second-order valence-electron chi connectivity index (χ2n) is 5.25. The van der Waals surface area contributed by atoms with Gasteiger partial charge in [0.15, 0.2) is 5.82 Å². The van der Waals surface area contributed by atoms with E-state index >= 15 is 0 Å². The predicted molar refractivity (Wildman–Crippen MR) is 67.7 cm³/mol. The molecule has 2 N–H and O–H groups in total. The number of rotatable bonds is 7. The maximum atomic E-state index is 6.00. The van der Waals surface area contributed by atoms with E-state index in [1.165, 1.54) is 0 Å². The monoisotopic (exact) mass is 240 g/mol. The first-order valence-electron chi connectivity index (χ1n) is 6.19. The molecule has 0 aliphatic rings. The largest absolute Gasteiger partial charge is 0.339 e. The fourth-order valence-electron chi connectivity index (χ4n) is 1.71. The summed E-state index contributed by atoms with van der Waals surface area (Å²) < 4.78 is 5.19. The van der Waals surface area contributed by atoms with Gasteiger partial charge >= 0.3 is 0 Å². The van der Waals surface area contributed by atoms with E-state index in [2.05, 4.69) is 28.9 Å². The molecule has 1 rings (SSSR count). The van der Waals surface area contributed by atoms with Gasteiger partial charge in [-0.05, 0) is 26.4 Å². The summed E-state index contributed by atoms with van der Waals surface area (Å²) in [6.45, 7) is 5.25. The van der Waals surface area contributed by atoms with Crippen molar-refractivity contribution in [3.05, 3.63) is 11.7 Å². The van der Waals surface area contributed by atoms with Crippen molar-refractivity contribution in [1.29, 1.82) is 0 Å². The van der Waals surface area contributed by atoms with E-state index < -0.39 is 0 Å². The second kappa shape index (κ2) is 6.71. The van der Waals surface area contributed by atoms with Gasteiger partial charge < -0.3 is 15.2 Å². The van der Waals surface area contributed by atoms with Crippen LogP contribution in [0.5, 0.6) is 0 Å². The van der Waals surface area contributed by atoms with Crippen LogP contribution in [0.3, 0.4) is 0 Å². The Bertz CT molecular complexity index is 322. The predicted octanol–water partition coefficient (Wildman–Crippen LogP) is 1.09. The molecule has 1 heterocycles. The van der Waals surface area contributed by atoms with Crippen LogP contribution in [0.4, 0.5) is 0 Å². The van der Waals surface area contributed by atoms with Crippen LogP contribution < -0.4 is 5.73 Å². The van der Waals surface area contributed by atoms with Crippen molar-refractivity contribution in [2.75, 3.05) is 20.6 Å². The van der Waals surface area contributed by atoms with Gasteiger partial charge in [0.1, 0.15) is 0 Å². The fourth-order valence-corrected chi connectivity index (χ4v) is 1.71. The third kappa shape index (κ3) is 5.79. The molecule has 0 radical (unpaired) electrons. The lowest BCUT2D eigenvalue weighted by Crippen LogP contribution is -2.24. The lowest BCUT2D eigenvalue weighted by atomic mass is 10.0. The summed E-state index contributed by atoms with van der Waals surface area (Å²) >= 11 is 0. The van der Waals surface area contributed by atoms with Crippen LogP contribution in [-0.2, 0) is 12.8 Å². The first-order chi connectivity index (χ1) is 7.97. The molecule has 1 aromatic heterocycles. The lowest BCUT2D eigenvalue weighted by Gasteiger charge is -2.10. The standard InChI is InChI=1S/C12H24N4O/c1-9(2)7-10(13)8-12-14-11(15-17-12)5-6-16(3)4/h9-10H,5-8,13H2,1-4H3. The molecule has 0 aliphatic heterocycles. The number of likely N-dealkylation sites (N-methyl/N-ethyl adjacent to an activating group) is 1. The zero-order valence-electron chi connectivity index (χ0n) is 11.3. The van der Waals surface area contributed by atoms with Gasteiger partial charge in [0, 0.05) is 25.4 Å². The minimum Gasteiger partial charge on any atom is -0.339 e. The van der Waals surface area contributed by atoms with Gasteiger partial charge in [0.05, 0.1) is 0 Å². The van der Waals surface area contributed by atoms with E-state index in [0.717, 1.165) is 25.2 Å². The number of nitrogens with two attached hydrogens (primary N) is 1. The zero-order chi connectivity index (χ0) is 12.8. The van der Waals surface area contributed by atoms with Gasteiger partial charge in [-0.25, -0.2) is 0 Å². The minimum absolute atomic E-state index is 0.108. The van der Waals surface area contributed by atoms with Crippen LogP contribution in [0.2, 0.25) is 0 Å². The molecule has 17 heavy (non-hydrogen) atoms. The zero-order valence-corrected chi connectivity index (χ0v) is 11.3. The van der Waals surface area contributed by atoms with Crippen LogP contribution in [0.15, 0.2) is 4.52 Å². The highest BCUT2D eigenvalue weighted by Crippen LogP contribution is 2.08. The molecule has 0 fully saturated rings. The van der Waals surface area contributed by atoms with E-state index in [1.807, 2.05) is 14.1 Å². The molecule has 1 unspecified atom stereocenters. The number of aromatic nitrogens is 2. The van der Waals surface area contributed by atoms with E-state index in [1.54, 1.807) is 0 Å². The first-order valence-corrected chi connectivity index (χ1v) is 6.19. The van der Waals surface area contributed by atoms with Crippen molar-refractivity contribution in [2.45, 2.75) is 39.2 Å². The lowest BCUT2D eigenvalue weighted by molar-refractivity contribution is 0.351. The molecule has 98 valence electrons. The Labute approximate surface area is 103 Å². The Morgan fingerprint density at radius 2 is 2.06 bits per heavy atom. The third-order valence-corrected chi connectivity index (χ3v) is 2.50. The highest BCUT2D eigenvalue weighted by Gasteiger charge is 2.12. The molecule has 1 atom stereocenters. The van der Waals surface area contributed by atoms with E-state index in [9.17, 15) is 0 Å². The van der Waals surface area contributed by atoms with Gasteiger partial charge in [-0.1, -0.05) is 19.0 Å². The highest BCUT2D eigenvalue weighted by molar-refractivity contribution is 4.89. The Hall–Kier alpha value is -0.940. The molecule has 0 saturated carbocycles. The molecule has 0 amide bonds. The van der Waals surface area contributed by atoms with Gasteiger partial charge in [-0.2, -0.15) is 4.98 Å². The maximum Gasteiger partial charge on any atom is 0.228 e. The maximum absolute atomic E-state index is 6.00. The van der Waals surface area contributed by atoms with Gasteiger partial charge in [-0.15, -0.1) is 0 Å². The highest BCUT2D eigenvalue weighted by atomic mass is 16.5. The summed E-state index contributed by atoms with van der Waals surface area (Å²) in [7, 11) is 4.05. The average molecular weight is 240 g/mol. The summed E-state index contributed by atoms with van der Waals surface area (Å²) in [6.07, 6.45) is 2.47. The van der Waals surface area contributed by atoms with E-state index in [-0.39, 0.29) is 6.04 Å². The molecule has 5 nitrogen and oxygen atoms in total. The summed E-state index contributed by atoms with van der Waals surface area (Å²) in [6, 6.07) is 0.108. The van der Waals surface area contributed by atoms with Gasteiger partial charge in [0.2, 0.25) is 5.89 Å². The molecule has 1 aromatic rings. The van der Waals surface area contributed by atoms with Crippen molar-refractivity contribution < 1.29 is 4.52 Å². The van der Waals surface area contributed by atoms with Crippen molar-refractivity contribution in [1.82, 2.24) is 15.0 Å². The van der Waals surface area contributed by atoms with E-state index in [4.69, 9.17) is 10.3 Å². The summed E-state index contributed by atoms with van der Waals surface area (Å²) in [5, 5.41) is 3.95. The smallest absolute Gasteiger partial charge is 0.228 e. The minimum atomic E-state index is 0.108. The summed E-state index contributed by atoms with van der Waals surface area (Å²) in [4.78, 5) is 6.44. The number of hydrogen-bond acceptors (Lipinski definition) is 5. The molecule has 0 spiro atoms. The van der Waals surface area contributed by atoms with Gasteiger partial charge in [0.25, 0.3) is 0 Å². The van der Waals surface area contributed by atoms with Crippen molar-refractivity contribution in [3.63, 3.8) is 0 Å². The molecule has 0 bridgehead atoms. The van der Waals surface area contributed by atoms with Crippen LogP contribution in [0.25, 0.3) is 0 Å². The first kappa shape index (κ1) is 14.1. The topological polar surface area (TPSA) is 68.2 Å². The van der Waals surface area contributed by atoms with Crippen molar-refractivity contribution in [2.24, 2.45) is 11.7 Å². The number of hydrogen-bond donors (Lipinski definition) is 1. The van der Waals surface area contributed by atoms with Crippen LogP contribution in [0, 0.1) is 5.92 Å². The normalized spacial score (nSPS) is 13.6. The Morgan fingerprint density at radius 3 is 2.65 bits per heavy atom. The molecule has 0 aromatic carbocycles. The molecular formula is C12H24N4O. The van der Waals surface area contributed by atoms with Crippen molar-refractivity contribution >= 4 is 0 Å². The third-order valence-electron chi connectivity index (χ3n) is 2.50. The average Bonchev–Trinajstić information content (AvgIpc) is 2.61. The molecule has 0 aliphatic carbocycles.